The second kappa shape index (κ2) is 7.08. The van der Waals surface area contributed by atoms with E-state index in [4.69, 9.17) is 5.26 Å². The van der Waals surface area contributed by atoms with E-state index in [0.717, 1.165) is 17.3 Å². The number of nitriles is 1. The lowest BCUT2D eigenvalue weighted by molar-refractivity contribution is -0.137. The van der Waals surface area contributed by atoms with Gasteiger partial charge in [0.05, 0.1) is 17.3 Å². The predicted octanol–water partition coefficient (Wildman–Crippen LogP) is 3.12. The Morgan fingerprint density at radius 3 is 2.67 bits per heavy atom. The first kappa shape index (κ1) is 19.0. The van der Waals surface area contributed by atoms with Crippen molar-refractivity contribution < 1.29 is 18.0 Å². The Morgan fingerprint density at radius 1 is 1.33 bits per heavy atom. The fourth-order valence-electron chi connectivity index (χ4n) is 3.34. The van der Waals surface area contributed by atoms with E-state index in [2.05, 4.69) is 11.4 Å². The highest BCUT2D eigenvalue weighted by Gasteiger charge is 2.39. The maximum atomic E-state index is 13.2. The second-order valence-electron chi connectivity index (χ2n) is 6.54. The number of rotatable bonds is 4. The molecule has 8 heteroatoms. The van der Waals surface area contributed by atoms with E-state index in [1.807, 2.05) is 6.92 Å². The third-order valence-electron chi connectivity index (χ3n) is 5.00. The Labute approximate surface area is 155 Å². The van der Waals surface area contributed by atoms with E-state index in [1.54, 1.807) is 17.7 Å². The minimum atomic E-state index is -4.52. The largest absolute Gasteiger partial charge is 0.418 e. The molecule has 1 aliphatic rings. The lowest BCUT2D eigenvalue weighted by atomic mass is 10.1. The monoisotopic (exact) mass is 376 g/mol. The van der Waals surface area contributed by atoms with Gasteiger partial charge in [0.15, 0.2) is 0 Å². The second-order valence-corrected chi connectivity index (χ2v) is 6.54. The fourth-order valence-corrected chi connectivity index (χ4v) is 3.34. The van der Waals surface area contributed by atoms with E-state index in [1.165, 1.54) is 23.1 Å². The van der Waals surface area contributed by atoms with Crippen molar-refractivity contribution in [3.8, 4) is 6.07 Å². The van der Waals surface area contributed by atoms with Crippen molar-refractivity contribution in [1.29, 1.82) is 5.26 Å². The first-order valence-electron chi connectivity index (χ1n) is 8.50. The first-order chi connectivity index (χ1) is 12.7. The van der Waals surface area contributed by atoms with E-state index in [0.29, 0.717) is 18.7 Å². The third kappa shape index (κ3) is 3.55. The van der Waals surface area contributed by atoms with Crippen LogP contribution in [0, 0.1) is 18.3 Å². The average Bonchev–Trinajstić information content (AvgIpc) is 3.13. The number of carbonyl (C=O) groups is 1. The van der Waals surface area contributed by atoms with Crippen molar-refractivity contribution in [3.05, 3.63) is 52.8 Å². The number of amides is 1. The van der Waals surface area contributed by atoms with Crippen LogP contribution in [-0.4, -0.2) is 23.1 Å². The molecule has 0 unspecified atom stereocenters. The van der Waals surface area contributed by atoms with Gasteiger partial charge < -0.3 is 14.8 Å². The lowest BCUT2D eigenvalue weighted by Crippen LogP contribution is -2.38. The molecule has 2 aromatic rings. The summed E-state index contributed by atoms with van der Waals surface area (Å²) in [7, 11) is 1.79. The summed E-state index contributed by atoms with van der Waals surface area (Å²) in [6.45, 7) is 2.47. The van der Waals surface area contributed by atoms with Crippen molar-refractivity contribution in [2.75, 3.05) is 11.4 Å². The minimum Gasteiger partial charge on any atom is -0.340 e. The van der Waals surface area contributed by atoms with E-state index in [-0.39, 0.29) is 18.1 Å². The molecule has 1 N–H and O–H groups in total. The number of para-hydroxylation sites is 1. The Bertz CT molecular complexity index is 911. The molecule has 5 nitrogen and oxygen atoms in total. The summed E-state index contributed by atoms with van der Waals surface area (Å²) in [6, 6.07) is 8.40. The van der Waals surface area contributed by atoms with Gasteiger partial charge >= 0.3 is 6.18 Å². The van der Waals surface area contributed by atoms with Crippen LogP contribution in [0.25, 0.3) is 0 Å². The molecule has 1 saturated heterocycles. The summed E-state index contributed by atoms with van der Waals surface area (Å²) in [6.07, 6.45) is -4.10. The lowest BCUT2D eigenvalue weighted by Gasteiger charge is -2.21. The van der Waals surface area contributed by atoms with Crippen molar-refractivity contribution in [3.63, 3.8) is 0 Å². The highest BCUT2D eigenvalue weighted by atomic mass is 19.4. The number of aromatic nitrogens is 1. The Balaban J connectivity index is 1.74. The van der Waals surface area contributed by atoms with Gasteiger partial charge in [-0.25, -0.2) is 0 Å². The highest BCUT2D eigenvalue weighted by Crippen LogP contribution is 2.37. The Hall–Kier alpha value is -2.79. The molecule has 0 aliphatic carbocycles. The number of nitrogens with one attached hydrogen (secondary N) is 1. The molecule has 0 radical (unpaired) electrons. The van der Waals surface area contributed by atoms with Crippen molar-refractivity contribution in [1.82, 2.24) is 9.88 Å². The van der Waals surface area contributed by atoms with Crippen LogP contribution in [0.5, 0.6) is 0 Å². The number of halogens is 3. The molecule has 3 rings (SSSR count). The summed E-state index contributed by atoms with van der Waals surface area (Å²) < 4.78 is 41.5. The Kier molecular flexibility index (Phi) is 4.98. The first-order valence-corrected chi connectivity index (χ1v) is 8.50. The van der Waals surface area contributed by atoms with E-state index >= 15 is 0 Å². The van der Waals surface area contributed by atoms with Gasteiger partial charge in [0.2, 0.25) is 5.91 Å². The number of carbonyl (C=O) groups excluding carboxylic acids is 1. The van der Waals surface area contributed by atoms with Gasteiger partial charge in [-0.15, -0.1) is 0 Å². The maximum Gasteiger partial charge on any atom is 0.418 e. The van der Waals surface area contributed by atoms with Gasteiger partial charge in [0.25, 0.3) is 0 Å². The molecule has 1 aliphatic heterocycles. The highest BCUT2D eigenvalue weighted by molar-refractivity contribution is 6.00. The van der Waals surface area contributed by atoms with Crippen LogP contribution < -0.4 is 10.2 Å². The molecule has 1 aromatic carbocycles. The molecule has 2 heterocycles. The van der Waals surface area contributed by atoms with E-state index in [9.17, 15) is 18.0 Å². The number of alkyl halides is 3. The molecular formula is C19H19F3N4O. The summed E-state index contributed by atoms with van der Waals surface area (Å²) >= 11 is 0. The molecule has 1 amide bonds. The SMILES string of the molecule is Cc1c(CN[C@@H]2CCN(c3ccccc3C(F)(F)F)C2=O)cc(C#N)n1C. The van der Waals surface area contributed by atoms with Crippen LogP contribution in [0.2, 0.25) is 0 Å². The number of anilines is 1. The van der Waals surface area contributed by atoms with Crippen LogP contribution in [0.1, 0.15) is 28.9 Å². The summed E-state index contributed by atoms with van der Waals surface area (Å²) in [4.78, 5) is 13.9. The molecule has 0 bridgehead atoms. The quantitative estimate of drug-likeness (QED) is 0.892. The predicted molar refractivity (Wildman–Crippen MR) is 93.9 cm³/mol. The molecule has 0 spiro atoms. The van der Waals surface area contributed by atoms with Crippen LogP contribution in [-0.2, 0) is 24.6 Å². The Morgan fingerprint density at radius 2 is 2.04 bits per heavy atom. The van der Waals surface area contributed by atoms with Gasteiger partial charge in [-0.3, -0.25) is 4.79 Å². The third-order valence-corrected chi connectivity index (χ3v) is 5.00. The van der Waals surface area contributed by atoms with Crippen LogP contribution in [0.3, 0.4) is 0 Å². The smallest absolute Gasteiger partial charge is 0.340 e. The molecule has 27 heavy (non-hydrogen) atoms. The summed E-state index contributed by atoms with van der Waals surface area (Å²) in [5.41, 5.74) is 1.39. The van der Waals surface area contributed by atoms with Gasteiger partial charge in [-0.1, -0.05) is 12.1 Å². The van der Waals surface area contributed by atoms with Crippen LogP contribution in [0.15, 0.2) is 30.3 Å². The van der Waals surface area contributed by atoms with E-state index < -0.39 is 17.8 Å². The van der Waals surface area contributed by atoms with Crippen molar-refractivity contribution in [2.45, 2.75) is 32.1 Å². The van der Waals surface area contributed by atoms with Crippen molar-refractivity contribution >= 4 is 11.6 Å². The topological polar surface area (TPSA) is 61.1 Å². The zero-order valence-electron chi connectivity index (χ0n) is 15.0. The van der Waals surface area contributed by atoms with Crippen LogP contribution >= 0.6 is 0 Å². The van der Waals surface area contributed by atoms with Crippen LogP contribution in [0.4, 0.5) is 18.9 Å². The van der Waals surface area contributed by atoms with Gasteiger partial charge in [0.1, 0.15) is 11.8 Å². The summed E-state index contributed by atoms with van der Waals surface area (Å²) in [5.74, 6) is -0.374. The maximum absolute atomic E-state index is 13.2. The fraction of sp³-hybridized carbons (Fsp3) is 0.368. The molecular weight excluding hydrogens is 357 g/mol. The number of nitrogens with zero attached hydrogens (tertiary/aromatic N) is 3. The zero-order valence-corrected chi connectivity index (χ0v) is 15.0. The molecule has 0 saturated carbocycles. The molecule has 142 valence electrons. The zero-order chi connectivity index (χ0) is 19.8. The standard InChI is InChI=1S/C19H19F3N4O/c1-12-13(9-14(10-23)25(12)2)11-24-16-7-8-26(18(16)27)17-6-4-3-5-15(17)19(20,21)22/h3-6,9,16,24H,7-8,11H2,1-2H3/t16-/m1/s1. The normalized spacial score (nSPS) is 17.4. The minimum absolute atomic E-state index is 0.109. The average molecular weight is 376 g/mol. The molecule has 1 fully saturated rings. The van der Waals surface area contributed by atoms with Crippen molar-refractivity contribution in [2.24, 2.45) is 7.05 Å². The summed E-state index contributed by atoms with van der Waals surface area (Å²) in [5, 5.41) is 12.2. The number of hydrogen-bond donors (Lipinski definition) is 1. The molecule has 1 aromatic heterocycles. The number of benzene rings is 1. The van der Waals surface area contributed by atoms with Gasteiger partial charge in [-0.2, -0.15) is 18.4 Å². The number of hydrogen-bond acceptors (Lipinski definition) is 3. The van der Waals surface area contributed by atoms with Gasteiger partial charge in [0, 0.05) is 25.8 Å². The molecule has 1 atom stereocenters. The van der Waals surface area contributed by atoms with Gasteiger partial charge in [-0.05, 0) is 37.1 Å².